The van der Waals surface area contributed by atoms with E-state index in [1.807, 2.05) is 54.6 Å². The molecule has 1 aromatic heterocycles. The van der Waals surface area contributed by atoms with Gasteiger partial charge >= 0.3 is 0 Å². The van der Waals surface area contributed by atoms with E-state index in [9.17, 15) is 4.21 Å². The number of rotatable bonds is 5. The molecular weight excluding hydrogens is 294 g/mol. The summed E-state index contributed by atoms with van der Waals surface area (Å²) in [5, 5.41) is 3.14. The molecule has 0 fully saturated rings. The number of hydrogen-bond acceptors (Lipinski definition) is 4. The number of aromatic nitrogens is 2. The van der Waals surface area contributed by atoms with E-state index in [4.69, 9.17) is 0 Å². The molecule has 0 amide bonds. The smallest absolute Gasteiger partial charge is 0.227 e. The van der Waals surface area contributed by atoms with Crippen LogP contribution in [0.15, 0.2) is 78.0 Å². The van der Waals surface area contributed by atoms with Gasteiger partial charge in [0.1, 0.15) is 0 Å². The van der Waals surface area contributed by atoms with E-state index < -0.39 is 10.8 Å². The maximum Gasteiger partial charge on any atom is 0.227 e. The van der Waals surface area contributed by atoms with Gasteiger partial charge in [0.15, 0.2) is 0 Å². The Morgan fingerprint density at radius 3 is 2.45 bits per heavy atom. The average Bonchev–Trinajstić information content (AvgIpc) is 2.57. The van der Waals surface area contributed by atoms with Crippen molar-refractivity contribution in [1.29, 1.82) is 0 Å². The van der Waals surface area contributed by atoms with Crippen LogP contribution in [0, 0.1) is 0 Å². The number of nitrogens with one attached hydrogen (secondary N) is 1. The predicted octanol–water partition coefficient (Wildman–Crippen LogP) is 3.53. The van der Waals surface area contributed by atoms with E-state index >= 15 is 0 Å². The van der Waals surface area contributed by atoms with Gasteiger partial charge in [-0.2, -0.15) is 0 Å². The van der Waals surface area contributed by atoms with Crippen molar-refractivity contribution in [1.82, 2.24) is 9.97 Å². The van der Waals surface area contributed by atoms with E-state index in [0.717, 1.165) is 16.1 Å². The normalized spacial score (nSPS) is 11.8. The van der Waals surface area contributed by atoms with E-state index in [1.165, 1.54) is 0 Å². The molecule has 2 aromatic carbocycles. The number of benzene rings is 2. The maximum atomic E-state index is 12.3. The van der Waals surface area contributed by atoms with Crippen molar-refractivity contribution in [3.8, 4) is 0 Å². The average molecular weight is 309 g/mol. The zero-order valence-corrected chi connectivity index (χ0v) is 12.7. The highest BCUT2D eigenvalue weighted by Gasteiger charge is 2.05. The summed E-state index contributed by atoms with van der Waals surface area (Å²) in [7, 11) is -1.05. The summed E-state index contributed by atoms with van der Waals surface area (Å²) in [6.07, 6.45) is 3.37. The monoisotopic (exact) mass is 309 g/mol. The summed E-state index contributed by atoms with van der Waals surface area (Å²) in [6.45, 7) is 0. The Morgan fingerprint density at radius 1 is 0.909 bits per heavy atom. The highest BCUT2D eigenvalue weighted by molar-refractivity contribution is 7.84. The fraction of sp³-hybridized carbons (Fsp3) is 0.0588. The van der Waals surface area contributed by atoms with Crippen molar-refractivity contribution >= 4 is 22.4 Å². The first kappa shape index (κ1) is 14.4. The number of anilines is 2. The third-order valence-electron chi connectivity index (χ3n) is 3.05. The molecule has 1 atom stereocenters. The molecule has 0 saturated heterocycles. The molecule has 0 bridgehead atoms. The second kappa shape index (κ2) is 6.95. The van der Waals surface area contributed by atoms with Crippen molar-refractivity contribution in [3.05, 3.63) is 78.6 Å². The zero-order chi connectivity index (χ0) is 15.2. The van der Waals surface area contributed by atoms with Crippen LogP contribution >= 0.6 is 0 Å². The molecule has 22 heavy (non-hydrogen) atoms. The second-order valence-corrected chi connectivity index (χ2v) is 6.15. The maximum absolute atomic E-state index is 12.3. The summed E-state index contributed by atoms with van der Waals surface area (Å²) < 4.78 is 12.3. The molecule has 3 aromatic rings. The Bertz CT molecular complexity index is 763. The van der Waals surface area contributed by atoms with Crippen molar-refractivity contribution in [2.45, 2.75) is 10.6 Å². The van der Waals surface area contributed by atoms with Gasteiger partial charge in [0.05, 0.1) is 16.6 Å². The topological polar surface area (TPSA) is 54.9 Å². The van der Waals surface area contributed by atoms with E-state index in [2.05, 4.69) is 15.3 Å². The van der Waals surface area contributed by atoms with Gasteiger partial charge in [-0.05, 0) is 35.9 Å². The molecule has 3 rings (SSSR count). The first-order chi connectivity index (χ1) is 10.8. The van der Waals surface area contributed by atoms with Gasteiger partial charge in [-0.15, -0.1) is 0 Å². The minimum absolute atomic E-state index is 0.481. The summed E-state index contributed by atoms with van der Waals surface area (Å²) >= 11 is 0. The molecule has 0 radical (unpaired) electrons. The number of hydrogen-bond donors (Lipinski definition) is 1. The Labute approximate surface area is 131 Å². The fourth-order valence-corrected chi connectivity index (χ4v) is 3.15. The molecule has 1 unspecified atom stereocenters. The van der Waals surface area contributed by atoms with Crippen molar-refractivity contribution in [2.75, 3.05) is 5.32 Å². The molecule has 1 heterocycles. The molecule has 1 N–H and O–H groups in total. The van der Waals surface area contributed by atoms with Gasteiger partial charge in [-0.3, -0.25) is 4.21 Å². The van der Waals surface area contributed by atoms with Gasteiger partial charge in [0.2, 0.25) is 5.95 Å². The third-order valence-corrected chi connectivity index (χ3v) is 4.45. The van der Waals surface area contributed by atoms with Gasteiger partial charge < -0.3 is 5.32 Å². The molecular formula is C17H15N3OS. The first-order valence-electron chi connectivity index (χ1n) is 6.88. The van der Waals surface area contributed by atoms with Gasteiger partial charge in [0, 0.05) is 23.0 Å². The van der Waals surface area contributed by atoms with Gasteiger partial charge in [-0.1, -0.05) is 30.3 Å². The SMILES string of the molecule is O=S(Cc1cccc(Nc2ncccn2)c1)c1ccccc1. The highest BCUT2D eigenvalue weighted by Crippen LogP contribution is 2.17. The first-order valence-corrected chi connectivity index (χ1v) is 8.19. The number of nitrogens with zero attached hydrogens (tertiary/aromatic N) is 2. The molecule has 0 saturated carbocycles. The largest absolute Gasteiger partial charge is 0.324 e. The second-order valence-electron chi connectivity index (χ2n) is 4.70. The third kappa shape index (κ3) is 3.77. The lowest BCUT2D eigenvalue weighted by molar-refractivity contribution is 0.682. The van der Waals surface area contributed by atoms with E-state index in [1.54, 1.807) is 18.5 Å². The van der Waals surface area contributed by atoms with Crippen LogP contribution < -0.4 is 5.32 Å². The molecule has 0 aliphatic heterocycles. The standard InChI is InChI=1S/C17H15N3OS/c21-22(16-8-2-1-3-9-16)13-14-6-4-7-15(12-14)20-17-18-10-5-11-19-17/h1-12H,13H2,(H,18,19,20). The van der Waals surface area contributed by atoms with Crippen LogP contribution in [0.5, 0.6) is 0 Å². The quantitative estimate of drug-likeness (QED) is 0.783. The van der Waals surface area contributed by atoms with E-state index in [-0.39, 0.29) is 0 Å². The van der Waals surface area contributed by atoms with Crippen LogP contribution in [0.2, 0.25) is 0 Å². The predicted molar refractivity (Wildman–Crippen MR) is 88.3 cm³/mol. The van der Waals surface area contributed by atoms with Gasteiger partial charge in [0.25, 0.3) is 0 Å². The summed E-state index contributed by atoms with van der Waals surface area (Å²) in [4.78, 5) is 9.10. The van der Waals surface area contributed by atoms with Crippen molar-refractivity contribution < 1.29 is 4.21 Å². The molecule has 5 heteroatoms. The lowest BCUT2D eigenvalue weighted by Crippen LogP contribution is -1.99. The van der Waals surface area contributed by atoms with Crippen LogP contribution in [0.25, 0.3) is 0 Å². The fourth-order valence-electron chi connectivity index (χ4n) is 2.04. The Morgan fingerprint density at radius 2 is 1.68 bits per heavy atom. The Hall–Kier alpha value is -2.53. The van der Waals surface area contributed by atoms with Crippen LogP contribution in [-0.4, -0.2) is 14.2 Å². The summed E-state index contributed by atoms with van der Waals surface area (Å²) in [5.74, 6) is 1.03. The minimum Gasteiger partial charge on any atom is -0.324 e. The lowest BCUT2D eigenvalue weighted by Gasteiger charge is -2.07. The molecule has 0 spiro atoms. The van der Waals surface area contributed by atoms with Crippen LogP contribution in [-0.2, 0) is 16.6 Å². The van der Waals surface area contributed by atoms with E-state index in [0.29, 0.717) is 11.7 Å². The molecule has 4 nitrogen and oxygen atoms in total. The minimum atomic E-state index is -1.05. The van der Waals surface area contributed by atoms with Crippen LogP contribution in [0.3, 0.4) is 0 Å². The Kier molecular flexibility index (Phi) is 4.56. The molecule has 0 aliphatic carbocycles. The highest BCUT2D eigenvalue weighted by atomic mass is 32.2. The van der Waals surface area contributed by atoms with Crippen LogP contribution in [0.1, 0.15) is 5.56 Å². The van der Waals surface area contributed by atoms with Crippen LogP contribution in [0.4, 0.5) is 11.6 Å². The van der Waals surface area contributed by atoms with Crippen molar-refractivity contribution in [2.24, 2.45) is 0 Å². The zero-order valence-electron chi connectivity index (χ0n) is 11.8. The van der Waals surface area contributed by atoms with Crippen molar-refractivity contribution in [3.63, 3.8) is 0 Å². The Balaban J connectivity index is 1.73. The molecule has 110 valence electrons. The lowest BCUT2D eigenvalue weighted by atomic mass is 10.2. The van der Waals surface area contributed by atoms with Gasteiger partial charge in [-0.25, -0.2) is 9.97 Å². The summed E-state index contributed by atoms with van der Waals surface area (Å²) in [5.41, 5.74) is 1.89. The molecule has 0 aliphatic rings. The summed E-state index contributed by atoms with van der Waals surface area (Å²) in [6, 6.07) is 19.1.